The summed E-state index contributed by atoms with van der Waals surface area (Å²) < 4.78 is 10.7. The van der Waals surface area contributed by atoms with Crippen molar-refractivity contribution in [2.45, 2.75) is 38.8 Å². The van der Waals surface area contributed by atoms with E-state index in [1.165, 1.54) is 0 Å². The Morgan fingerprint density at radius 3 is 2.63 bits per heavy atom. The molecule has 1 amide bonds. The maximum Gasteiger partial charge on any atom is 0.339 e. The van der Waals surface area contributed by atoms with Crippen molar-refractivity contribution in [3.63, 3.8) is 0 Å². The SMILES string of the molecule is COc1ccc(CNC(=O)[C@H](C)OC(=O)c2c3c(nc4ccccc24)CCC3)cc1. The highest BCUT2D eigenvalue weighted by Gasteiger charge is 2.27. The average molecular weight is 404 g/mol. The van der Waals surface area contributed by atoms with Gasteiger partial charge in [0, 0.05) is 17.6 Å². The highest BCUT2D eigenvalue weighted by atomic mass is 16.5. The monoisotopic (exact) mass is 404 g/mol. The van der Waals surface area contributed by atoms with Gasteiger partial charge in [0.25, 0.3) is 5.91 Å². The lowest BCUT2D eigenvalue weighted by molar-refractivity contribution is -0.129. The highest BCUT2D eigenvalue weighted by Crippen LogP contribution is 2.30. The average Bonchev–Trinajstić information content (AvgIpc) is 3.23. The number of para-hydroxylation sites is 1. The van der Waals surface area contributed by atoms with Gasteiger partial charge >= 0.3 is 5.97 Å². The normalized spacial score (nSPS) is 13.5. The minimum absolute atomic E-state index is 0.339. The molecule has 1 heterocycles. The standard InChI is InChI=1S/C24H24N2O4/c1-15(23(27)25-14-16-10-12-17(29-2)13-11-16)30-24(28)22-18-6-3-4-8-20(18)26-21-9-5-7-19(21)22/h3-4,6,8,10-13,15H,5,7,9,14H2,1-2H3,(H,25,27)/t15-/m0/s1. The lowest BCUT2D eigenvalue weighted by Crippen LogP contribution is -2.35. The number of pyridine rings is 1. The molecular weight excluding hydrogens is 380 g/mol. The van der Waals surface area contributed by atoms with Gasteiger partial charge in [0.05, 0.1) is 18.2 Å². The molecule has 0 unspecified atom stereocenters. The van der Waals surface area contributed by atoms with Gasteiger partial charge in [-0.3, -0.25) is 9.78 Å². The zero-order valence-corrected chi connectivity index (χ0v) is 17.1. The van der Waals surface area contributed by atoms with Crippen LogP contribution < -0.4 is 10.1 Å². The number of aromatic nitrogens is 1. The Bertz CT molecular complexity index is 1090. The second-order valence-electron chi connectivity index (χ2n) is 7.40. The number of esters is 1. The first-order valence-electron chi connectivity index (χ1n) is 10.1. The number of carbonyl (C=O) groups is 2. The lowest BCUT2D eigenvalue weighted by Gasteiger charge is -2.16. The summed E-state index contributed by atoms with van der Waals surface area (Å²) in [5.74, 6) is -0.0579. The first-order chi connectivity index (χ1) is 14.6. The van der Waals surface area contributed by atoms with Crippen LogP contribution in [0.3, 0.4) is 0 Å². The summed E-state index contributed by atoms with van der Waals surface area (Å²) in [6.45, 7) is 1.93. The third-order valence-electron chi connectivity index (χ3n) is 5.40. The number of rotatable bonds is 6. The first kappa shape index (κ1) is 19.9. The number of amides is 1. The fraction of sp³-hybridized carbons (Fsp3) is 0.292. The van der Waals surface area contributed by atoms with E-state index in [0.717, 1.165) is 52.7 Å². The molecule has 0 spiro atoms. The van der Waals surface area contributed by atoms with E-state index in [9.17, 15) is 9.59 Å². The summed E-state index contributed by atoms with van der Waals surface area (Å²) in [6, 6.07) is 15.0. The zero-order chi connectivity index (χ0) is 21.1. The van der Waals surface area contributed by atoms with Gasteiger partial charge in [-0.05, 0) is 55.5 Å². The third-order valence-corrected chi connectivity index (χ3v) is 5.40. The Hall–Kier alpha value is -3.41. The van der Waals surface area contributed by atoms with Crippen LogP contribution in [0.25, 0.3) is 10.9 Å². The highest BCUT2D eigenvalue weighted by molar-refractivity contribution is 6.05. The molecule has 0 saturated carbocycles. The quantitative estimate of drug-likeness (QED) is 0.635. The molecule has 0 radical (unpaired) electrons. The van der Waals surface area contributed by atoms with E-state index in [1.54, 1.807) is 14.0 Å². The molecule has 1 aromatic heterocycles. The molecule has 0 saturated heterocycles. The van der Waals surface area contributed by atoms with Gasteiger partial charge in [0.1, 0.15) is 5.75 Å². The third kappa shape index (κ3) is 3.99. The minimum atomic E-state index is -0.903. The van der Waals surface area contributed by atoms with Crippen molar-refractivity contribution in [1.82, 2.24) is 10.3 Å². The Labute approximate surface area is 175 Å². The van der Waals surface area contributed by atoms with E-state index in [0.29, 0.717) is 12.1 Å². The maximum absolute atomic E-state index is 13.0. The summed E-state index contributed by atoms with van der Waals surface area (Å²) in [5, 5.41) is 3.59. The van der Waals surface area contributed by atoms with E-state index in [1.807, 2.05) is 48.5 Å². The fourth-order valence-corrected chi connectivity index (χ4v) is 3.79. The van der Waals surface area contributed by atoms with Crippen LogP contribution in [-0.2, 0) is 28.9 Å². The van der Waals surface area contributed by atoms with Crippen molar-refractivity contribution >= 4 is 22.8 Å². The topological polar surface area (TPSA) is 77.5 Å². The van der Waals surface area contributed by atoms with Crippen molar-refractivity contribution in [1.29, 1.82) is 0 Å². The minimum Gasteiger partial charge on any atom is -0.497 e. The first-order valence-corrected chi connectivity index (χ1v) is 10.1. The molecule has 1 atom stereocenters. The smallest absolute Gasteiger partial charge is 0.339 e. The van der Waals surface area contributed by atoms with Crippen LogP contribution in [0.15, 0.2) is 48.5 Å². The van der Waals surface area contributed by atoms with E-state index in [4.69, 9.17) is 14.5 Å². The number of nitrogens with zero attached hydrogens (tertiary/aromatic N) is 1. The van der Waals surface area contributed by atoms with Gasteiger partial charge in [-0.1, -0.05) is 30.3 Å². The molecule has 30 heavy (non-hydrogen) atoms. The summed E-state index contributed by atoms with van der Waals surface area (Å²) in [6.07, 6.45) is 1.73. The zero-order valence-electron chi connectivity index (χ0n) is 17.1. The van der Waals surface area contributed by atoms with Crippen molar-refractivity contribution < 1.29 is 19.1 Å². The van der Waals surface area contributed by atoms with Crippen LogP contribution in [0.2, 0.25) is 0 Å². The van der Waals surface area contributed by atoms with E-state index >= 15 is 0 Å². The molecule has 0 bridgehead atoms. The number of methoxy groups -OCH3 is 1. The summed E-state index contributed by atoms with van der Waals surface area (Å²) >= 11 is 0. The molecule has 6 heteroatoms. The van der Waals surface area contributed by atoms with Gasteiger partial charge < -0.3 is 14.8 Å². The Morgan fingerprint density at radius 1 is 1.10 bits per heavy atom. The fourth-order valence-electron chi connectivity index (χ4n) is 3.79. The predicted molar refractivity (Wildman–Crippen MR) is 113 cm³/mol. The van der Waals surface area contributed by atoms with E-state index in [-0.39, 0.29) is 5.91 Å². The van der Waals surface area contributed by atoms with Gasteiger partial charge in [-0.15, -0.1) is 0 Å². The number of aryl methyl sites for hydroxylation is 1. The van der Waals surface area contributed by atoms with Crippen molar-refractivity contribution in [2.24, 2.45) is 0 Å². The number of benzene rings is 2. The second-order valence-corrected chi connectivity index (χ2v) is 7.40. The Kier molecular flexibility index (Phi) is 5.65. The molecular formula is C24H24N2O4. The Balaban J connectivity index is 1.46. The molecule has 154 valence electrons. The molecule has 0 fully saturated rings. The van der Waals surface area contributed by atoms with E-state index in [2.05, 4.69) is 5.32 Å². The number of nitrogens with one attached hydrogen (secondary N) is 1. The van der Waals surface area contributed by atoms with Gasteiger partial charge in [0.15, 0.2) is 6.10 Å². The van der Waals surface area contributed by atoms with Gasteiger partial charge in [-0.2, -0.15) is 0 Å². The number of carbonyl (C=O) groups excluding carboxylic acids is 2. The summed E-state index contributed by atoms with van der Waals surface area (Å²) in [5.41, 5.74) is 4.16. The van der Waals surface area contributed by atoms with E-state index < -0.39 is 12.1 Å². The molecule has 6 nitrogen and oxygen atoms in total. The predicted octanol–water partition coefficient (Wildman–Crippen LogP) is 3.59. The van der Waals surface area contributed by atoms with Gasteiger partial charge in [-0.25, -0.2) is 4.79 Å². The van der Waals surface area contributed by atoms with Crippen LogP contribution in [-0.4, -0.2) is 30.1 Å². The van der Waals surface area contributed by atoms with Crippen molar-refractivity contribution in [2.75, 3.05) is 7.11 Å². The largest absolute Gasteiger partial charge is 0.497 e. The molecule has 0 aliphatic heterocycles. The summed E-state index contributed by atoms with van der Waals surface area (Å²) in [7, 11) is 1.61. The summed E-state index contributed by atoms with van der Waals surface area (Å²) in [4.78, 5) is 30.2. The maximum atomic E-state index is 13.0. The number of hydrogen-bond acceptors (Lipinski definition) is 5. The second kappa shape index (κ2) is 8.53. The molecule has 3 aromatic rings. The van der Waals surface area contributed by atoms with Gasteiger partial charge in [0.2, 0.25) is 0 Å². The number of ether oxygens (including phenoxy) is 2. The van der Waals surface area contributed by atoms with Crippen molar-refractivity contribution in [3.8, 4) is 5.75 Å². The molecule has 1 N–H and O–H groups in total. The van der Waals surface area contributed by atoms with Crippen molar-refractivity contribution in [3.05, 3.63) is 70.9 Å². The lowest BCUT2D eigenvalue weighted by atomic mass is 10.0. The van der Waals surface area contributed by atoms with Crippen LogP contribution in [0.5, 0.6) is 5.75 Å². The van der Waals surface area contributed by atoms with Crippen LogP contribution >= 0.6 is 0 Å². The Morgan fingerprint density at radius 2 is 1.87 bits per heavy atom. The molecule has 1 aliphatic rings. The van der Waals surface area contributed by atoms with Crippen LogP contribution in [0, 0.1) is 0 Å². The van der Waals surface area contributed by atoms with Crippen LogP contribution in [0.1, 0.15) is 40.5 Å². The molecule has 2 aromatic carbocycles. The number of hydrogen-bond donors (Lipinski definition) is 1. The molecule has 1 aliphatic carbocycles. The van der Waals surface area contributed by atoms with Crippen LogP contribution in [0.4, 0.5) is 0 Å². The number of fused-ring (bicyclic) bond motifs is 2. The molecule has 4 rings (SSSR count).